The average molecular weight is 576 g/mol. The van der Waals surface area contributed by atoms with Crippen LogP contribution in [-0.2, 0) is 37.2 Å². The van der Waals surface area contributed by atoms with Gasteiger partial charge in [0.2, 0.25) is 11.8 Å². The normalized spacial score (nSPS) is 18.1. The number of alkyl halides is 3. The van der Waals surface area contributed by atoms with Crippen LogP contribution in [0.5, 0.6) is 0 Å². The Morgan fingerprint density at radius 3 is 2.45 bits per heavy atom. The summed E-state index contributed by atoms with van der Waals surface area (Å²) in [7, 11) is -5.26. The number of halogens is 3. The van der Waals surface area contributed by atoms with Crippen LogP contribution in [0.3, 0.4) is 0 Å². The smallest absolute Gasteiger partial charge is 0.746 e. The van der Waals surface area contributed by atoms with Crippen molar-refractivity contribution in [3.8, 4) is 0 Å². The van der Waals surface area contributed by atoms with Gasteiger partial charge in [0, 0.05) is 12.5 Å². The summed E-state index contributed by atoms with van der Waals surface area (Å²) in [4.78, 5) is 37.1. The minimum Gasteiger partial charge on any atom is -0.746 e. The fraction of sp³-hybridized carbons (Fsp3) is 0.591. The topological polar surface area (TPSA) is 174 Å². The molecule has 0 saturated carbocycles. The van der Waals surface area contributed by atoms with E-state index in [-0.39, 0.29) is 53.9 Å². The first kappa shape index (κ1) is 34.1. The molecule has 208 valence electrons. The Kier molecular flexibility index (Phi) is 13.0. The molecule has 0 radical (unpaired) electrons. The maximum atomic E-state index is 12.9. The van der Waals surface area contributed by atoms with Crippen molar-refractivity contribution in [1.29, 1.82) is 0 Å². The van der Waals surface area contributed by atoms with E-state index in [1.165, 1.54) is 6.07 Å². The van der Waals surface area contributed by atoms with Crippen LogP contribution in [0, 0.1) is 11.8 Å². The van der Waals surface area contributed by atoms with Gasteiger partial charge in [-0.05, 0) is 42.9 Å². The maximum absolute atomic E-state index is 12.9. The number of carbonyl (C=O) groups is 3. The molecule has 0 aliphatic carbocycles. The first-order valence-corrected chi connectivity index (χ1v) is 12.8. The van der Waals surface area contributed by atoms with E-state index < -0.39 is 69.8 Å². The Morgan fingerprint density at radius 1 is 1.26 bits per heavy atom. The SMILES string of the molecule is CC(C)CC(NC(=O)OCc1cccc(C(F)(F)F)c1)C(=O)NC(CC1CCNC1=O)C(O)S(=O)(=O)[O-].[Na+]. The van der Waals surface area contributed by atoms with E-state index in [9.17, 15) is 45.6 Å². The number of hydrogen-bond acceptors (Lipinski definition) is 8. The molecule has 16 heteroatoms. The van der Waals surface area contributed by atoms with Crippen molar-refractivity contribution in [1.82, 2.24) is 16.0 Å². The molecule has 11 nitrogen and oxygen atoms in total. The van der Waals surface area contributed by atoms with E-state index in [1.54, 1.807) is 13.8 Å². The molecule has 1 aliphatic heterocycles. The van der Waals surface area contributed by atoms with Gasteiger partial charge in [-0.3, -0.25) is 9.59 Å². The zero-order valence-corrected chi connectivity index (χ0v) is 23.9. The van der Waals surface area contributed by atoms with Crippen LogP contribution in [0.2, 0.25) is 0 Å². The molecule has 0 bridgehead atoms. The van der Waals surface area contributed by atoms with Crippen LogP contribution in [0.15, 0.2) is 24.3 Å². The van der Waals surface area contributed by atoms with Crippen molar-refractivity contribution in [2.45, 2.75) is 63.4 Å². The molecule has 4 N–H and O–H groups in total. The number of hydrogen-bond donors (Lipinski definition) is 4. The second-order valence-corrected chi connectivity index (χ2v) is 10.6. The van der Waals surface area contributed by atoms with Gasteiger partial charge in [-0.2, -0.15) is 13.2 Å². The third-order valence-electron chi connectivity index (χ3n) is 5.61. The molecular weight excluding hydrogens is 546 g/mol. The minimum absolute atomic E-state index is 0. The summed E-state index contributed by atoms with van der Waals surface area (Å²) in [6.45, 7) is 3.21. The molecule has 1 aliphatic rings. The minimum atomic E-state index is -5.26. The summed E-state index contributed by atoms with van der Waals surface area (Å²) in [6, 6.07) is 1.18. The van der Waals surface area contributed by atoms with E-state index in [0.717, 1.165) is 18.2 Å². The monoisotopic (exact) mass is 575 g/mol. The summed E-state index contributed by atoms with van der Waals surface area (Å²) < 4.78 is 77.8. The van der Waals surface area contributed by atoms with Crippen molar-refractivity contribution in [2.75, 3.05) is 6.54 Å². The van der Waals surface area contributed by atoms with Gasteiger partial charge in [-0.15, -0.1) is 0 Å². The van der Waals surface area contributed by atoms with Gasteiger partial charge < -0.3 is 30.3 Å². The number of alkyl carbamates (subject to hydrolysis) is 1. The summed E-state index contributed by atoms with van der Waals surface area (Å²) >= 11 is 0. The van der Waals surface area contributed by atoms with Crippen molar-refractivity contribution >= 4 is 28.0 Å². The third-order valence-corrected chi connectivity index (χ3v) is 6.53. The molecule has 1 aromatic rings. The quantitative estimate of drug-likeness (QED) is 0.177. The summed E-state index contributed by atoms with van der Waals surface area (Å²) in [6.07, 6.45) is -5.74. The third kappa shape index (κ3) is 10.7. The molecule has 0 spiro atoms. The number of amides is 3. The Labute approximate surface area is 240 Å². The van der Waals surface area contributed by atoms with Gasteiger partial charge in [-0.1, -0.05) is 26.0 Å². The van der Waals surface area contributed by atoms with E-state index in [0.29, 0.717) is 13.0 Å². The Bertz CT molecular complexity index is 1090. The van der Waals surface area contributed by atoms with Gasteiger partial charge >= 0.3 is 41.8 Å². The molecule has 1 heterocycles. The number of ether oxygens (including phenoxy) is 1. The van der Waals surface area contributed by atoms with E-state index in [1.807, 2.05) is 0 Å². The fourth-order valence-corrected chi connectivity index (χ4v) is 4.36. The zero-order valence-electron chi connectivity index (χ0n) is 21.1. The van der Waals surface area contributed by atoms with Crippen molar-refractivity contribution in [3.63, 3.8) is 0 Å². The van der Waals surface area contributed by atoms with Crippen LogP contribution < -0.4 is 45.5 Å². The van der Waals surface area contributed by atoms with Crippen molar-refractivity contribution < 1.29 is 79.9 Å². The van der Waals surface area contributed by atoms with E-state index in [2.05, 4.69) is 16.0 Å². The number of rotatable bonds is 11. The average Bonchev–Trinajstić information content (AvgIpc) is 3.19. The van der Waals surface area contributed by atoms with Crippen LogP contribution in [-0.4, -0.2) is 60.0 Å². The molecule has 1 saturated heterocycles. The van der Waals surface area contributed by atoms with Gasteiger partial charge in [0.1, 0.15) is 22.8 Å². The summed E-state index contributed by atoms with van der Waals surface area (Å²) in [5.41, 5.74) is -3.43. The molecule has 1 aromatic carbocycles. The molecule has 38 heavy (non-hydrogen) atoms. The van der Waals surface area contributed by atoms with Gasteiger partial charge in [0.05, 0.1) is 11.6 Å². The number of benzene rings is 1. The second-order valence-electron chi connectivity index (χ2n) is 9.11. The van der Waals surface area contributed by atoms with Crippen molar-refractivity contribution in [3.05, 3.63) is 35.4 Å². The Morgan fingerprint density at radius 2 is 1.92 bits per heavy atom. The molecule has 4 unspecified atom stereocenters. The van der Waals surface area contributed by atoms with E-state index >= 15 is 0 Å². The zero-order chi connectivity index (χ0) is 28.0. The largest absolute Gasteiger partial charge is 1.00 e. The first-order chi connectivity index (χ1) is 17.1. The predicted octanol–water partition coefficient (Wildman–Crippen LogP) is -1.78. The maximum Gasteiger partial charge on any atom is 1.00 e. The molecule has 0 aromatic heterocycles. The predicted molar refractivity (Wildman–Crippen MR) is 121 cm³/mol. The molecule has 3 amide bonds. The van der Waals surface area contributed by atoms with Crippen LogP contribution >= 0.6 is 0 Å². The summed E-state index contributed by atoms with van der Waals surface area (Å²) in [5.74, 6) is -2.30. The number of aliphatic hydroxyl groups excluding tert-OH is 1. The Hall–Kier alpha value is -1.91. The van der Waals surface area contributed by atoms with Crippen LogP contribution in [0.1, 0.15) is 44.2 Å². The molecule has 2 rings (SSSR count). The van der Waals surface area contributed by atoms with Crippen LogP contribution in [0.4, 0.5) is 18.0 Å². The fourth-order valence-electron chi connectivity index (χ4n) is 3.78. The van der Waals surface area contributed by atoms with Gasteiger partial charge in [-0.25, -0.2) is 13.2 Å². The van der Waals surface area contributed by atoms with E-state index in [4.69, 9.17) is 4.74 Å². The van der Waals surface area contributed by atoms with Crippen LogP contribution in [0.25, 0.3) is 0 Å². The van der Waals surface area contributed by atoms with Crippen molar-refractivity contribution in [2.24, 2.45) is 11.8 Å². The second kappa shape index (κ2) is 14.5. The summed E-state index contributed by atoms with van der Waals surface area (Å²) in [5, 5.41) is 17.1. The standard InChI is InChI=1S/C22H30F3N3O8S.Na/c1-12(2)8-16(28-21(32)36-11-13-4-3-5-15(9-13)22(23,24)25)19(30)27-17(20(31)37(33,34)35)10-14-6-7-26-18(14)29;/h3-5,9,12,14,16-17,20,31H,6-8,10-11H2,1-2H3,(H,26,29)(H,27,30)(H,28,32)(H,33,34,35);/q;+1/p-1. The first-order valence-electron chi connectivity index (χ1n) is 11.4. The number of nitrogens with one attached hydrogen (secondary N) is 3. The van der Waals surface area contributed by atoms with Gasteiger partial charge in [0.15, 0.2) is 5.44 Å². The number of aliphatic hydroxyl groups is 1. The molecule has 4 atom stereocenters. The van der Waals surface area contributed by atoms with Gasteiger partial charge in [0.25, 0.3) is 0 Å². The molecular formula is C22H29F3N3NaO8S. The number of carbonyl (C=O) groups excluding carboxylic acids is 3. The Balaban J connectivity index is 0.00000722. The molecule has 1 fully saturated rings.